The Morgan fingerprint density at radius 2 is 2.00 bits per heavy atom. The van der Waals surface area contributed by atoms with Crippen LogP contribution in [0.4, 0.5) is 10.5 Å². The quantitative estimate of drug-likeness (QED) is 0.870. The lowest BCUT2D eigenvalue weighted by Gasteiger charge is -2.21. The Bertz CT molecular complexity index is 581. The number of ether oxygens (including phenoxy) is 3. The van der Waals surface area contributed by atoms with E-state index in [-0.39, 0.29) is 0 Å². The summed E-state index contributed by atoms with van der Waals surface area (Å²) in [4.78, 5) is 12.1. The van der Waals surface area contributed by atoms with Gasteiger partial charge in [-0.2, -0.15) is 0 Å². The normalized spacial score (nSPS) is 19.9. The number of methoxy groups -OCH3 is 2. The van der Waals surface area contributed by atoms with Gasteiger partial charge in [-0.05, 0) is 63.3 Å². The fourth-order valence-corrected chi connectivity index (χ4v) is 2.62. The van der Waals surface area contributed by atoms with E-state index in [4.69, 9.17) is 19.9 Å². The molecule has 128 valence electrons. The Kier molecular flexibility index (Phi) is 5.04. The molecule has 0 aromatic heterocycles. The van der Waals surface area contributed by atoms with Crippen LogP contribution in [0.3, 0.4) is 0 Å². The lowest BCUT2D eigenvalue weighted by molar-refractivity contribution is 0.0635. The monoisotopic (exact) mass is 322 g/mol. The van der Waals surface area contributed by atoms with Gasteiger partial charge in [0.1, 0.15) is 5.60 Å². The van der Waals surface area contributed by atoms with Crippen LogP contribution in [0.25, 0.3) is 0 Å². The second-order valence-electron chi connectivity index (χ2n) is 6.77. The first-order valence-corrected chi connectivity index (χ1v) is 7.75. The predicted octanol–water partition coefficient (Wildman–Crippen LogP) is 3.11. The molecule has 1 saturated carbocycles. The van der Waals surface area contributed by atoms with Crippen molar-refractivity contribution in [2.24, 2.45) is 11.7 Å². The third-order valence-corrected chi connectivity index (χ3v) is 3.79. The van der Waals surface area contributed by atoms with Gasteiger partial charge in [-0.25, -0.2) is 4.79 Å². The molecule has 6 heteroatoms. The number of anilines is 1. The van der Waals surface area contributed by atoms with Crippen LogP contribution in [0.15, 0.2) is 12.1 Å². The maximum Gasteiger partial charge on any atom is 0.412 e. The molecular weight excluding hydrogens is 296 g/mol. The number of rotatable bonds is 5. The molecule has 1 aliphatic rings. The molecule has 3 N–H and O–H groups in total. The van der Waals surface area contributed by atoms with E-state index in [0.29, 0.717) is 35.6 Å². The Morgan fingerprint density at radius 3 is 2.48 bits per heavy atom. The van der Waals surface area contributed by atoms with E-state index in [1.165, 1.54) is 7.11 Å². The lowest BCUT2D eigenvalue weighted by Crippen LogP contribution is -2.27. The third kappa shape index (κ3) is 4.28. The van der Waals surface area contributed by atoms with E-state index in [0.717, 1.165) is 12.0 Å². The molecule has 23 heavy (non-hydrogen) atoms. The molecule has 2 unspecified atom stereocenters. The molecule has 0 spiro atoms. The zero-order valence-electron chi connectivity index (χ0n) is 14.4. The van der Waals surface area contributed by atoms with Crippen molar-refractivity contribution in [2.75, 3.05) is 26.1 Å². The summed E-state index contributed by atoms with van der Waals surface area (Å²) < 4.78 is 16.1. The van der Waals surface area contributed by atoms with Crippen LogP contribution in [0, 0.1) is 5.92 Å². The van der Waals surface area contributed by atoms with Gasteiger partial charge >= 0.3 is 6.09 Å². The number of benzene rings is 1. The molecule has 0 bridgehead atoms. The van der Waals surface area contributed by atoms with Crippen molar-refractivity contribution in [2.45, 2.75) is 38.7 Å². The Morgan fingerprint density at radius 1 is 1.30 bits per heavy atom. The Labute approximate surface area is 137 Å². The molecule has 2 atom stereocenters. The van der Waals surface area contributed by atoms with Gasteiger partial charge in [-0.1, -0.05) is 0 Å². The number of hydrogen-bond donors (Lipinski definition) is 2. The minimum absolute atomic E-state index is 0.402. The van der Waals surface area contributed by atoms with Crippen LogP contribution in [0.5, 0.6) is 11.5 Å². The fourth-order valence-electron chi connectivity index (χ4n) is 2.62. The number of nitrogens with two attached hydrogens (primary N) is 1. The van der Waals surface area contributed by atoms with Crippen molar-refractivity contribution < 1.29 is 19.0 Å². The molecule has 0 saturated heterocycles. The zero-order chi connectivity index (χ0) is 17.2. The van der Waals surface area contributed by atoms with E-state index in [1.807, 2.05) is 32.9 Å². The molecule has 1 fully saturated rings. The van der Waals surface area contributed by atoms with Gasteiger partial charge < -0.3 is 19.9 Å². The second-order valence-corrected chi connectivity index (χ2v) is 6.77. The Balaban J connectivity index is 2.28. The van der Waals surface area contributed by atoms with Crippen molar-refractivity contribution in [3.63, 3.8) is 0 Å². The average molecular weight is 322 g/mol. The van der Waals surface area contributed by atoms with E-state index >= 15 is 0 Å². The van der Waals surface area contributed by atoms with Crippen molar-refractivity contribution in [3.8, 4) is 11.5 Å². The van der Waals surface area contributed by atoms with Gasteiger partial charge in [0.25, 0.3) is 0 Å². The maximum atomic E-state index is 12.1. The van der Waals surface area contributed by atoms with Crippen LogP contribution in [-0.4, -0.2) is 32.5 Å². The van der Waals surface area contributed by atoms with Crippen LogP contribution in [0.2, 0.25) is 0 Å². The van der Waals surface area contributed by atoms with E-state index in [9.17, 15) is 4.79 Å². The predicted molar refractivity (Wildman–Crippen MR) is 89.3 cm³/mol. The molecule has 0 aliphatic heterocycles. The summed E-state index contributed by atoms with van der Waals surface area (Å²) in [6.45, 7) is 6.11. The van der Waals surface area contributed by atoms with Gasteiger partial charge in [-0.15, -0.1) is 0 Å². The van der Waals surface area contributed by atoms with Crippen molar-refractivity contribution in [3.05, 3.63) is 17.7 Å². The van der Waals surface area contributed by atoms with Gasteiger partial charge in [0.2, 0.25) is 0 Å². The summed E-state index contributed by atoms with van der Waals surface area (Å²) in [5.41, 5.74) is 6.79. The van der Waals surface area contributed by atoms with Gasteiger partial charge in [0.05, 0.1) is 19.9 Å². The van der Waals surface area contributed by atoms with E-state index in [1.54, 1.807) is 7.11 Å². The highest BCUT2D eigenvalue weighted by atomic mass is 16.6. The van der Waals surface area contributed by atoms with Gasteiger partial charge in [-0.3, -0.25) is 5.32 Å². The standard InChI is InChI=1S/C17H26N2O4/c1-17(2,3)23-16(20)19-13-7-10(12-6-11(12)9-18)8-14(21-4)15(13)22-5/h7-8,11-12H,6,9,18H2,1-5H3,(H,19,20). The zero-order valence-corrected chi connectivity index (χ0v) is 14.4. The van der Waals surface area contributed by atoms with Gasteiger partial charge in [0, 0.05) is 0 Å². The summed E-state index contributed by atoms with van der Waals surface area (Å²) in [6.07, 6.45) is 0.527. The summed E-state index contributed by atoms with van der Waals surface area (Å²) in [5.74, 6) is 1.95. The number of amides is 1. The van der Waals surface area contributed by atoms with Crippen LogP contribution < -0.4 is 20.5 Å². The molecule has 1 aromatic rings. The van der Waals surface area contributed by atoms with E-state index in [2.05, 4.69) is 5.32 Å². The summed E-state index contributed by atoms with van der Waals surface area (Å²) in [5, 5.41) is 2.75. The molecule has 1 aliphatic carbocycles. The van der Waals surface area contributed by atoms with Crippen molar-refractivity contribution >= 4 is 11.8 Å². The first-order chi connectivity index (χ1) is 10.8. The highest BCUT2D eigenvalue weighted by Crippen LogP contribution is 2.50. The van der Waals surface area contributed by atoms with Gasteiger partial charge in [0.15, 0.2) is 11.5 Å². The molecule has 6 nitrogen and oxygen atoms in total. The molecular formula is C17H26N2O4. The molecule has 0 radical (unpaired) electrons. The average Bonchev–Trinajstić information content (AvgIpc) is 3.23. The van der Waals surface area contributed by atoms with Crippen molar-refractivity contribution in [1.29, 1.82) is 0 Å². The largest absolute Gasteiger partial charge is 0.493 e. The van der Waals surface area contributed by atoms with Crippen LogP contribution >= 0.6 is 0 Å². The lowest BCUT2D eigenvalue weighted by atomic mass is 10.1. The Hall–Kier alpha value is -1.95. The molecule has 2 rings (SSSR count). The highest BCUT2D eigenvalue weighted by Gasteiger charge is 2.38. The molecule has 1 amide bonds. The minimum atomic E-state index is -0.569. The maximum absolute atomic E-state index is 12.1. The van der Waals surface area contributed by atoms with Crippen LogP contribution in [-0.2, 0) is 4.74 Å². The molecule has 0 heterocycles. The highest BCUT2D eigenvalue weighted by molar-refractivity contribution is 5.88. The first kappa shape index (κ1) is 17.4. The minimum Gasteiger partial charge on any atom is -0.493 e. The fraction of sp³-hybridized carbons (Fsp3) is 0.588. The molecule has 1 aromatic carbocycles. The smallest absolute Gasteiger partial charge is 0.412 e. The SMILES string of the molecule is COc1cc(C2CC2CN)cc(NC(=O)OC(C)(C)C)c1OC. The first-order valence-electron chi connectivity index (χ1n) is 7.75. The topological polar surface area (TPSA) is 82.8 Å². The number of carbonyl (C=O) groups excluding carboxylic acids is 1. The third-order valence-electron chi connectivity index (χ3n) is 3.79. The number of carbonyl (C=O) groups is 1. The second kappa shape index (κ2) is 6.66. The number of hydrogen-bond acceptors (Lipinski definition) is 5. The number of nitrogens with one attached hydrogen (secondary N) is 1. The van der Waals surface area contributed by atoms with Crippen LogP contribution in [0.1, 0.15) is 38.7 Å². The summed E-state index contributed by atoms with van der Waals surface area (Å²) in [6, 6.07) is 3.85. The van der Waals surface area contributed by atoms with Crippen molar-refractivity contribution in [1.82, 2.24) is 0 Å². The van der Waals surface area contributed by atoms with E-state index < -0.39 is 11.7 Å². The summed E-state index contributed by atoms with van der Waals surface area (Å²) >= 11 is 0. The summed E-state index contributed by atoms with van der Waals surface area (Å²) in [7, 11) is 3.11.